The molecule has 0 amide bonds. The van der Waals surface area contributed by atoms with Gasteiger partial charge in [-0.3, -0.25) is 10.1 Å². The number of aromatic carboxylic acids is 1. The van der Waals surface area contributed by atoms with Gasteiger partial charge in [0.1, 0.15) is 5.56 Å². The SMILES string of the molecule is Cc1nn(-c2c(Cl)cccc2[N+](=O)[O-])cc1C(=O)O. The van der Waals surface area contributed by atoms with Gasteiger partial charge < -0.3 is 5.11 Å². The maximum absolute atomic E-state index is 11.0. The highest BCUT2D eigenvalue weighted by Gasteiger charge is 2.21. The standard InChI is InChI=1S/C11H8ClN3O4/c1-6-7(11(16)17)5-14(13-6)10-8(12)3-2-4-9(10)15(18)19/h2-5H,1H3,(H,16,17). The molecule has 1 heterocycles. The second-order valence-electron chi connectivity index (χ2n) is 3.74. The summed E-state index contributed by atoms with van der Waals surface area (Å²) in [6.45, 7) is 1.50. The zero-order valence-corrected chi connectivity index (χ0v) is 10.5. The Hall–Kier alpha value is -2.41. The first-order valence-electron chi connectivity index (χ1n) is 5.14. The van der Waals surface area contributed by atoms with Crippen LogP contribution < -0.4 is 0 Å². The Morgan fingerprint density at radius 3 is 2.74 bits per heavy atom. The maximum Gasteiger partial charge on any atom is 0.339 e. The number of benzene rings is 1. The summed E-state index contributed by atoms with van der Waals surface area (Å²) < 4.78 is 1.11. The van der Waals surface area contributed by atoms with Crippen LogP contribution in [0.2, 0.25) is 5.02 Å². The van der Waals surface area contributed by atoms with Gasteiger partial charge in [0.25, 0.3) is 5.69 Å². The summed E-state index contributed by atoms with van der Waals surface area (Å²) in [7, 11) is 0. The summed E-state index contributed by atoms with van der Waals surface area (Å²) in [6.07, 6.45) is 1.20. The topological polar surface area (TPSA) is 98.3 Å². The second kappa shape index (κ2) is 4.69. The molecule has 1 aromatic carbocycles. The molecule has 2 rings (SSSR count). The van der Waals surface area contributed by atoms with Crippen LogP contribution in [0, 0.1) is 17.0 Å². The molecule has 0 saturated carbocycles. The Morgan fingerprint density at radius 2 is 2.21 bits per heavy atom. The maximum atomic E-state index is 11.0. The number of carboxylic acids is 1. The number of hydrogen-bond acceptors (Lipinski definition) is 4. The van der Waals surface area contributed by atoms with Crippen LogP contribution in [0.5, 0.6) is 0 Å². The molecule has 2 aromatic rings. The number of halogens is 1. The third-order valence-electron chi connectivity index (χ3n) is 2.52. The van der Waals surface area contributed by atoms with Gasteiger partial charge in [0.2, 0.25) is 0 Å². The lowest BCUT2D eigenvalue weighted by molar-refractivity contribution is -0.384. The lowest BCUT2D eigenvalue weighted by atomic mass is 10.2. The Balaban J connectivity index is 2.68. The van der Waals surface area contributed by atoms with Crippen molar-refractivity contribution in [2.45, 2.75) is 6.92 Å². The summed E-state index contributed by atoms with van der Waals surface area (Å²) in [5, 5.41) is 24.0. The van der Waals surface area contributed by atoms with E-state index in [2.05, 4.69) is 5.10 Å². The Morgan fingerprint density at radius 1 is 1.53 bits per heavy atom. The molecular formula is C11H8ClN3O4. The Labute approximate surface area is 112 Å². The van der Waals surface area contributed by atoms with Gasteiger partial charge >= 0.3 is 5.97 Å². The minimum absolute atomic E-state index is 0.0331. The van der Waals surface area contributed by atoms with E-state index in [1.165, 1.54) is 31.3 Å². The fourth-order valence-electron chi connectivity index (χ4n) is 1.66. The van der Waals surface area contributed by atoms with Crippen molar-refractivity contribution in [2.24, 2.45) is 0 Å². The molecule has 1 aromatic heterocycles. The Kier molecular flexibility index (Phi) is 3.22. The van der Waals surface area contributed by atoms with Gasteiger partial charge in [0.05, 0.1) is 15.6 Å². The molecule has 7 nitrogen and oxygen atoms in total. The summed E-state index contributed by atoms with van der Waals surface area (Å²) in [5.41, 5.74) is 0.0210. The number of carboxylic acid groups (broad SMARTS) is 1. The summed E-state index contributed by atoms with van der Waals surface area (Å²) in [5.74, 6) is -1.15. The molecule has 0 aliphatic rings. The van der Waals surface area contributed by atoms with Crippen LogP contribution in [0.4, 0.5) is 5.69 Å². The van der Waals surface area contributed by atoms with E-state index in [-0.39, 0.29) is 27.7 Å². The van der Waals surface area contributed by atoms with Crippen molar-refractivity contribution in [3.05, 3.63) is 50.8 Å². The van der Waals surface area contributed by atoms with Crippen molar-refractivity contribution in [3.8, 4) is 5.69 Å². The number of para-hydroxylation sites is 1. The molecule has 0 radical (unpaired) electrons. The highest BCUT2D eigenvalue weighted by atomic mass is 35.5. The molecule has 0 spiro atoms. The van der Waals surface area contributed by atoms with E-state index in [1.807, 2.05) is 0 Å². The number of nitrogens with zero attached hydrogens (tertiary/aromatic N) is 3. The Bertz CT molecular complexity index is 681. The number of rotatable bonds is 3. The first kappa shape index (κ1) is 13.0. The summed E-state index contributed by atoms with van der Waals surface area (Å²) >= 11 is 5.94. The number of nitro groups is 1. The quantitative estimate of drug-likeness (QED) is 0.688. The van der Waals surface area contributed by atoms with Gasteiger partial charge in [0, 0.05) is 12.3 Å². The van der Waals surface area contributed by atoms with E-state index in [1.54, 1.807) is 0 Å². The van der Waals surface area contributed by atoms with E-state index in [0.717, 1.165) is 4.68 Å². The van der Waals surface area contributed by atoms with Crippen LogP contribution in [0.25, 0.3) is 5.69 Å². The van der Waals surface area contributed by atoms with Crippen LogP contribution >= 0.6 is 11.6 Å². The van der Waals surface area contributed by atoms with Gasteiger partial charge in [-0.1, -0.05) is 17.7 Å². The third kappa shape index (κ3) is 2.27. The number of aromatic nitrogens is 2. The van der Waals surface area contributed by atoms with Crippen molar-refractivity contribution >= 4 is 23.3 Å². The average molecular weight is 282 g/mol. The molecular weight excluding hydrogens is 274 g/mol. The van der Waals surface area contributed by atoms with Gasteiger partial charge in [-0.15, -0.1) is 0 Å². The lowest BCUT2D eigenvalue weighted by Gasteiger charge is -2.04. The van der Waals surface area contributed by atoms with Crippen LogP contribution in [-0.4, -0.2) is 25.8 Å². The number of nitro benzene ring substituents is 1. The predicted molar refractivity (Wildman–Crippen MR) is 66.9 cm³/mol. The highest BCUT2D eigenvalue weighted by Crippen LogP contribution is 2.30. The van der Waals surface area contributed by atoms with Crippen LogP contribution in [-0.2, 0) is 0 Å². The van der Waals surface area contributed by atoms with Crippen molar-refractivity contribution < 1.29 is 14.8 Å². The zero-order chi connectivity index (χ0) is 14.2. The minimum Gasteiger partial charge on any atom is -0.478 e. The van der Waals surface area contributed by atoms with E-state index in [9.17, 15) is 14.9 Å². The molecule has 0 saturated heterocycles. The van der Waals surface area contributed by atoms with Crippen molar-refractivity contribution in [1.29, 1.82) is 0 Å². The van der Waals surface area contributed by atoms with Gasteiger partial charge in [-0.25, -0.2) is 9.48 Å². The van der Waals surface area contributed by atoms with Gasteiger partial charge in [-0.05, 0) is 13.0 Å². The zero-order valence-electron chi connectivity index (χ0n) is 9.70. The van der Waals surface area contributed by atoms with E-state index in [4.69, 9.17) is 16.7 Å². The van der Waals surface area contributed by atoms with Crippen molar-refractivity contribution in [3.63, 3.8) is 0 Å². The molecule has 0 aliphatic carbocycles. The molecule has 98 valence electrons. The molecule has 19 heavy (non-hydrogen) atoms. The fourth-order valence-corrected chi connectivity index (χ4v) is 1.92. The smallest absolute Gasteiger partial charge is 0.339 e. The monoisotopic (exact) mass is 281 g/mol. The molecule has 0 atom stereocenters. The molecule has 0 aliphatic heterocycles. The predicted octanol–water partition coefficient (Wildman–Crippen LogP) is 2.44. The first-order chi connectivity index (χ1) is 8.91. The number of hydrogen-bond donors (Lipinski definition) is 1. The number of aryl methyl sites for hydroxylation is 1. The fraction of sp³-hybridized carbons (Fsp3) is 0.0909. The van der Waals surface area contributed by atoms with Crippen LogP contribution in [0.3, 0.4) is 0 Å². The first-order valence-corrected chi connectivity index (χ1v) is 5.52. The van der Waals surface area contributed by atoms with Crippen molar-refractivity contribution in [2.75, 3.05) is 0 Å². The molecule has 1 N–H and O–H groups in total. The number of carbonyl (C=O) groups is 1. The molecule has 0 unspecified atom stereocenters. The second-order valence-corrected chi connectivity index (χ2v) is 4.15. The van der Waals surface area contributed by atoms with Crippen molar-refractivity contribution in [1.82, 2.24) is 9.78 Å². The summed E-state index contributed by atoms with van der Waals surface area (Å²) in [4.78, 5) is 21.3. The van der Waals surface area contributed by atoms with E-state index >= 15 is 0 Å². The van der Waals surface area contributed by atoms with Gasteiger partial charge in [-0.2, -0.15) is 5.10 Å². The molecule has 0 bridgehead atoms. The summed E-state index contributed by atoms with van der Waals surface area (Å²) in [6, 6.07) is 4.19. The van der Waals surface area contributed by atoms with E-state index < -0.39 is 10.9 Å². The van der Waals surface area contributed by atoms with Crippen LogP contribution in [0.15, 0.2) is 24.4 Å². The third-order valence-corrected chi connectivity index (χ3v) is 2.83. The molecule has 0 fully saturated rings. The molecule has 8 heteroatoms. The largest absolute Gasteiger partial charge is 0.478 e. The van der Waals surface area contributed by atoms with E-state index in [0.29, 0.717) is 0 Å². The normalized spacial score (nSPS) is 10.4. The lowest BCUT2D eigenvalue weighted by Crippen LogP contribution is -2.02. The van der Waals surface area contributed by atoms with Crippen LogP contribution in [0.1, 0.15) is 16.1 Å². The average Bonchev–Trinajstić information content (AvgIpc) is 2.70. The highest BCUT2D eigenvalue weighted by molar-refractivity contribution is 6.32. The minimum atomic E-state index is -1.15. The van der Waals surface area contributed by atoms with Gasteiger partial charge in [0.15, 0.2) is 5.69 Å².